The topological polar surface area (TPSA) is 12.9 Å². The normalized spacial score (nSPS) is 16.5. The van der Waals surface area contributed by atoms with Crippen LogP contribution >= 0.6 is 24.0 Å². The molecule has 2 aromatic carbocycles. The number of hydrogen-bond acceptors (Lipinski definition) is 1. The van der Waals surface area contributed by atoms with Gasteiger partial charge in [-0.05, 0) is 66.0 Å². The van der Waals surface area contributed by atoms with Gasteiger partial charge in [0, 0.05) is 21.7 Å². The van der Waals surface area contributed by atoms with Gasteiger partial charge in [-0.25, -0.2) is 4.39 Å². The number of fused-ring (bicyclic) bond motifs is 2. The highest BCUT2D eigenvalue weighted by atomic mass is 35.5. The highest BCUT2D eigenvalue weighted by Gasteiger charge is 2.33. The van der Waals surface area contributed by atoms with Gasteiger partial charge in [-0.2, -0.15) is 0 Å². The Morgan fingerprint density at radius 2 is 1.93 bits per heavy atom. The minimum absolute atomic E-state index is 0. The van der Waals surface area contributed by atoms with E-state index in [9.17, 15) is 4.39 Å². The van der Waals surface area contributed by atoms with Crippen LogP contribution in [0.5, 0.6) is 0 Å². The largest absolute Gasteiger partial charge is 0.253 e. The van der Waals surface area contributed by atoms with Crippen molar-refractivity contribution < 1.29 is 4.39 Å². The summed E-state index contributed by atoms with van der Waals surface area (Å²) in [7, 11) is 0. The Morgan fingerprint density at radius 1 is 1.18 bits per heavy atom. The molecule has 0 aliphatic heterocycles. The molecule has 0 spiro atoms. The molecule has 0 saturated carbocycles. The van der Waals surface area contributed by atoms with E-state index in [0.29, 0.717) is 16.5 Å². The van der Waals surface area contributed by atoms with Gasteiger partial charge in [-0.3, -0.25) is 4.98 Å². The molecule has 0 bridgehead atoms. The third kappa shape index (κ3) is 3.65. The Hall–Kier alpha value is -1.64. The van der Waals surface area contributed by atoms with Crippen molar-refractivity contribution in [2.24, 2.45) is 11.3 Å². The van der Waals surface area contributed by atoms with Gasteiger partial charge in [-0.15, -0.1) is 12.4 Å². The van der Waals surface area contributed by atoms with Gasteiger partial charge in [0.05, 0.1) is 5.52 Å². The monoisotopic (exact) mass is 417 g/mol. The van der Waals surface area contributed by atoms with E-state index in [-0.39, 0.29) is 23.6 Å². The van der Waals surface area contributed by atoms with E-state index in [2.05, 4.69) is 20.8 Å². The lowest BCUT2D eigenvalue weighted by molar-refractivity contribution is 0.182. The summed E-state index contributed by atoms with van der Waals surface area (Å²) in [5.41, 5.74) is 5.10. The SMILES string of the molecule is CCC(C)(C)C1CCc2nc3ccc(Cl)cc3c(-c3ccccc3F)c2C1.Cl. The Kier molecular flexibility index (Phi) is 6.03. The smallest absolute Gasteiger partial charge is 0.131 e. The van der Waals surface area contributed by atoms with Crippen LogP contribution in [0.2, 0.25) is 5.02 Å². The fraction of sp³-hybridized carbons (Fsp3) is 0.375. The number of aryl methyl sites for hydroxylation is 1. The summed E-state index contributed by atoms with van der Waals surface area (Å²) >= 11 is 6.30. The second-order valence-electron chi connectivity index (χ2n) is 8.34. The van der Waals surface area contributed by atoms with Gasteiger partial charge in [0.25, 0.3) is 0 Å². The van der Waals surface area contributed by atoms with Gasteiger partial charge in [0.2, 0.25) is 0 Å². The van der Waals surface area contributed by atoms with Crippen LogP contribution in [-0.4, -0.2) is 4.98 Å². The molecule has 1 nitrogen and oxygen atoms in total. The molecule has 0 radical (unpaired) electrons. The lowest BCUT2D eigenvalue weighted by Crippen LogP contribution is -2.29. The first-order valence-electron chi connectivity index (χ1n) is 9.76. The van der Waals surface area contributed by atoms with Gasteiger partial charge < -0.3 is 0 Å². The van der Waals surface area contributed by atoms with Crippen LogP contribution in [0.1, 0.15) is 44.9 Å². The molecule has 1 atom stereocenters. The fourth-order valence-electron chi connectivity index (χ4n) is 4.34. The van der Waals surface area contributed by atoms with E-state index < -0.39 is 0 Å². The van der Waals surface area contributed by atoms with Gasteiger partial charge in [0.1, 0.15) is 5.82 Å². The number of hydrogen-bond donors (Lipinski definition) is 0. The van der Waals surface area contributed by atoms with E-state index in [1.807, 2.05) is 30.3 Å². The van der Waals surface area contributed by atoms with Crippen LogP contribution in [0.15, 0.2) is 42.5 Å². The summed E-state index contributed by atoms with van der Waals surface area (Å²) in [5.74, 6) is 0.378. The minimum atomic E-state index is -0.191. The molecule has 0 saturated heterocycles. The molecular weight excluding hydrogens is 392 g/mol. The summed E-state index contributed by atoms with van der Waals surface area (Å²) in [4.78, 5) is 4.93. The molecule has 0 amide bonds. The van der Waals surface area contributed by atoms with Crippen molar-refractivity contribution in [2.75, 3.05) is 0 Å². The first-order valence-corrected chi connectivity index (χ1v) is 10.1. The molecule has 148 valence electrons. The quantitative estimate of drug-likeness (QED) is 0.426. The highest BCUT2D eigenvalue weighted by Crippen LogP contribution is 2.44. The third-order valence-corrected chi connectivity index (χ3v) is 6.71. The second-order valence-corrected chi connectivity index (χ2v) is 8.77. The summed E-state index contributed by atoms with van der Waals surface area (Å²) in [5, 5.41) is 1.60. The molecule has 1 aromatic heterocycles. The second kappa shape index (κ2) is 8.00. The highest BCUT2D eigenvalue weighted by molar-refractivity contribution is 6.31. The van der Waals surface area contributed by atoms with Crippen LogP contribution in [-0.2, 0) is 12.8 Å². The molecule has 1 aliphatic carbocycles. The Labute approximate surface area is 177 Å². The number of pyridine rings is 1. The maximum Gasteiger partial charge on any atom is 0.131 e. The molecule has 0 N–H and O–H groups in total. The predicted molar refractivity (Wildman–Crippen MR) is 119 cm³/mol. The van der Waals surface area contributed by atoms with Crippen molar-refractivity contribution in [3.05, 3.63) is 64.6 Å². The number of aromatic nitrogens is 1. The number of halogens is 3. The Bertz CT molecular complexity index is 1010. The molecule has 3 aromatic rings. The zero-order valence-corrected chi connectivity index (χ0v) is 18.1. The van der Waals surface area contributed by atoms with Gasteiger partial charge >= 0.3 is 0 Å². The maximum atomic E-state index is 14.8. The molecule has 28 heavy (non-hydrogen) atoms. The average molecular weight is 418 g/mol. The summed E-state index contributed by atoms with van der Waals surface area (Å²) in [6.07, 6.45) is 4.16. The van der Waals surface area contributed by atoms with Crippen molar-refractivity contribution in [1.29, 1.82) is 0 Å². The van der Waals surface area contributed by atoms with Gasteiger partial charge in [-0.1, -0.05) is 57.0 Å². The van der Waals surface area contributed by atoms with Crippen molar-refractivity contribution in [2.45, 2.75) is 46.5 Å². The first-order chi connectivity index (χ1) is 12.9. The number of nitrogens with zero attached hydrogens (tertiary/aromatic N) is 1. The third-order valence-electron chi connectivity index (χ3n) is 6.47. The van der Waals surface area contributed by atoms with E-state index in [0.717, 1.165) is 47.8 Å². The standard InChI is InChI=1S/C24H25ClFN.ClH/c1-4-24(2,3)15-9-11-21-18(13-15)23(17-7-5-6-8-20(17)26)19-14-16(25)10-12-22(19)27-21;/h5-8,10,12,14-15H,4,9,11,13H2,1-3H3;1H. The molecule has 1 aliphatic rings. The molecule has 4 heteroatoms. The van der Waals surface area contributed by atoms with Crippen molar-refractivity contribution in [3.63, 3.8) is 0 Å². The van der Waals surface area contributed by atoms with Gasteiger partial charge in [0.15, 0.2) is 0 Å². The molecule has 4 rings (SSSR count). The van der Waals surface area contributed by atoms with Crippen molar-refractivity contribution >= 4 is 34.9 Å². The van der Waals surface area contributed by atoms with E-state index in [1.165, 1.54) is 11.6 Å². The summed E-state index contributed by atoms with van der Waals surface area (Å²) in [6.45, 7) is 6.94. The van der Waals surface area contributed by atoms with Crippen LogP contribution in [0, 0.1) is 17.2 Å². The van der Waals surface area contributed by atoms with E-state index in [1.54, 1.807) is 6.07 Å². The molecule has 0 fully saturated rings. The van der Waals surface area contributed by atoms with Crippen LogP contribution in [0.25, 0.3) is 22.0 Å². The average Bonchev–Trinajstić information content (AvgIpc) is 2.66. The van der Waals surface area contributed by atoms with E-state index in [4.69, 9.17) is 16.6 Å². The van der Waals surface area contributed by atoms with Crippen molar-refractivity contribution in [1.82, 2.24) is 4.98 Å². The first kappa shape index (κ1) is 21.1. The number of rotatable bonds is 3. The maximum absolute atomic E-state index is 14.8. The van der Waals surface area contributed by atoms with E-state index >= 15 is 0 Å². The Balaban J connectivity index is 0.00000225. The summed E-state index contributed by atoms with van der Waals surface area (Å²) in [6, 6.07) is 12.8. The predicted octanol–water partition coefficient (Wildman–Crippen LogP) is 7.66. The van der Waals surface area contributed by atoms with Crippen LogP contribution < -0.4 is 0 Å². The molecular formula is C24H26Cl2FN. The minimum Gasteiger partial charge on any atom is -0.253 e. The fourth-order valence-corrected chi connectivity index (χ4v) is 4.51. The van der Waals surface area contributed by atoms with Crippen LogP contribution in [0.4, 0.5) is 4.39 Å². The zero-order chi connectivity index (χ0) is 19.2. The number of benzene rings is 2. The molecule has 1 unspecified atom stereocenters. The zero-order valence-electron chi connectivity index (χ0n) is 16.6. The van der Waals surface area contributed by atoms with Crippen molar-refractivity contribution in [3.8, 4) is 11.1 Å². The Morgan fingerprint density at radius 3 is 2.64 bits per heavy atom. The van der Waals surface area contributed by atoms with Crippen LogP contribution in [0.3, 0.4) is 0 Å². The summed E-state index contributed by atoms with van der Waals surface area (Å²) < 4.78 is 14.8. The lowest BCUT2D eigenvalue weighted by atomic mass is 9.68. The molecule has 1 heterocycles. The lowest BCUT2D eigenvalue weighted by Gasteiger charge is -2.38.